The maximum Gasteiger partial charge on any atom is 0.250 e. The Labute approximate surface area is 239 Å². The van der Waals surface area contributed by atoms with E-state index in [0.717, 1.165) is 24.2 Å². The lowest BCUT2D eigenvalue weighted by Gasteiger charge is -2.58. The molecule has 7 nitrogen and oxygen atoms in total. The Bertz CT molecular complexity index is 1340. The van der Waals surface area contributed by atoms with Crippen LogP contribution in [0.1, 0.15) is 74.2 Å². The number of carboxylic acids is 1. The standard InChI is InChI=1S/C32H35ClN2O5/c1-19(36)35-27(31(39)40)13-29(37)24-7-3-5-9-26(24)34(18-23-6-2-4-8-25(23)33)30(38)28(35)17-32-14-20-10-21(15-32)12-22(11-20)16-32/h2-9,20-22,27-28H,10-18H2,1H3,(H,39,40)/p-1/t20?,21?,22?,27-,28+,32?/m0/s1. The number of carbonyl (C=O) groups is 4. The van der Waals surface area contributed by atoms with Crippen molar-refractivity contribution in [1.29, 1.82) is 0 Å². The molecule has 2 aromatic carbocycles. The topological polar surface area (TPSA) is 97.8 Å². The van der Waals surface area contributed by atoms with Gasteiger partial charge in [-0.2, -0.15) is 0 Å². The van der Waals surface area contributed by atoms with Gasteiger partial charge < -0.3 is 19.7 Å². The van der Waals surface area contributed by atoms with E-state index in [1.54, 1.807) is 36.4 Å². The second-order valence-corrected chi connectivity index (χ2v) is 13.0. The summed E-state index contributed by atoms with van der Waals surface area (Å²) >= 11 is 6.52. The lowest BCUT2D eigenvalue weighted by molar-refractivity contribution is -0.311. The van der Waals surface area contributed by atoms with E-state index in [1.807, 2.05) is 12.1 Å². The van der Waals surface area contributed by atoms with Gasteiger partial charge in [-0.05, 0) is 91.9 Å². The van der Waals surface area contributed by atoms with Crippen LogP contribution >= 0.6 is 11.6 Å². The fourth-order valence-electron chi connectivity index (χ4n) is 8.70. The van der Waals surface area contributed by atoms with E-state index >= 15 is 0 Å². The van der Waals surface area contributed by atoms with Gasteiger partial charge in [-0.15, -0.1) is 0 Å². The van der Waals surface area contributed by atoms with Crippen LogP contribution in [0.2, 0.25) is 5.02 Å². The number of nitrogens with zero attached hydrogens (tertiary/aromatic N) is 2. The van der Waals surface area contributed by atoms with Gasteiger partial charge in [0.1, 0.15) is 6.04 Å². The average Bonchev–Trinajstić information content (AvgIpc) is 2.93. The highest BCUT2D eigenvalue weighted by Crippen LogP contribution is 2.62. The molecule has 8 heteroatoms. The van der Waals surface area contributed by atoms with Crippen LogP contribution in [0.3, 0.4) is 0 Å². The number of amides is 2. The zero-order valence-electron chi connectivity index (χ0n) is 22.7. The molecule has 0 unspecified atom stereocenters. The number of hydrogen-bond donors (Lipinski definition) is 0. The van der Waals surface area contributed by atoms with Gasteiger partial charge in [-0.25, -0.2) is 0 Å². The summed E-state index contributed by atoms with van der Waals surface area (Å²) in [6.07, 6.45) is 6.56. The van der Waals surface area contributed by atoms with Crippen molar-refractivity contribution in [3.63, 3.8) is 0 Å². The van der Waals surface area contributed by atoms with Crippen molar-refractivity contribution in [3.8, 4) is 0 Å². The van der Waals surface area contributed by atoms with Crippen LogP contribution in [0.25, 0.3) is 0 Å². The number of fused-ring (bicyclic) bond motifs is 1. The molecule has 4 aliphatic carbocycles. The number of carbonyl (C=O) groups excluding carboxylic acids is 4. The lowest BCUT2D eigenvalue weighted by atomic mass is 9.48. The van der Waals surface area contributed by atoms with Crippen molar-refractivity contribution < 1.29 is 24.3 Å². The first-order valence-electron chi connectivity index (χ1n) is 14.3. The minimum Gasteiger partial charge on any atom is -0.548 e. The number of aliphatic carboxylic acids is 1. The third-order valence-electron chi connectivity index (χ3n) is 9.81. The molecule has 1 aliphatic heterocycles. The minimum absolute atomic E-state index is 0.0852. The third kappa shape index (κ3) is 4.83. The Morgan fingerprint density at radius 3 is 2.15 bits per heavy atom. The maximum atomic E-state index is 14.8. The van der Waals surface area contributed by atoms with Gasteiger partial charge >= 0.3 is 0 Å². The Kier molecular flexibility index (Phi) is 6.97. The first-order chi connectivity index (χ1) is 19.1. The summed E-state index contributed by atoms with van der Waals surface area (Å²) in [5, 5.41) is 13.0. The van der Waals surface area contributed by atoms with Crippen LogP contribution in [-0.4, -0.2) is 40.6 Å². The third-order valence-corrected chi connectivity index (χ3v) is 10.2. The first kappa shape index (κ1) is 27.0. The molecular weight excluding hydrogens is 528 g/mol. The zero-order chi connectivity index (χ0) is 28.2. The number of rotatable bonds is 5. The molecule has 2 amide bonds. The molecule has 0 N–H and O–H groups in total. The fourth-order valence-corrected chi connectivity index (χ4v) is 8.89. The van der Waals surface area contributed by atoms with Crippen molar-refractivity contribution >= 4 is 40.9 Å². The predicted octanol–water partition coefficient (Wildman–Crippen LogP) is 4.40. The molecule has 4 fully saturated rings. The smallest absolute Gasteiger partial charge is 0.250 e. The van der Waals surface area contributed by atoms with Gasteiger partial charge in [-0.3, -0.25) is 14.4 Å². The molecule has 2 atom stereocenters. The Morgan fingerprint density at radius 2 is 1.55 bits per heavy atom. The molecule has 2 aromatic rings. The zero-order valence-corrected chi connectivity index (χ0v) is 23.4. The summed E-state index contributed by atoms with van der Waals surface area (Å²) in [6.45, 7) is 1.37. The van der Waals surface area contributed by atoms with E-state index in [1.165, 1.54) is 31.1 Å². The summed E-state index contributed by atoms with van der Waals surface area (Å²) in [6, 6.07) is 11.4. The van der Waals surface area contributed by atoms with E-state index in [0.29, 0.717) is 40.4 Å². The van der Waals surface area contributed by atoms with E-state index in [2.05, 4.69) is 0 Å². The van der Waals surface area contributed by atoms with E-state index in [9.17, 15) is 24.3 Å². The van der Waals surface area contributed by atoms with Gasteiger partial charge in [0.25, 0.3) is 0 Å². The SMILES string of the molecule is CC(=O)N1[C@H](CC23CC4CC(CC(C4)C2)C3)C(=O)N(Cc2ccccc2Cl)c2ccccc2C(=O)C[C@H]1C(=O)[O-]. The van der Waals surface area contributed by atoms with Crippen LogP contribution in [0.4, 0.5) is 5.69 Å². The van der Waals surface area contributed by atoms with E-state index < -0.39 is 36.2 Å². The number of para-hydroxylation sites is 1. The van der Waals surface area contributed by atoms with Crippen molar-refractivity contribution in [2.24, 2.45) is 23.2 Å². The van der Waals surface area contributed by atoms with Crippen LogP contribution in [0, 0.1) is 23.2 Å². The lowest BCUT2D eigenvalue weighted by Crippen LogP contribution is -2.61. The average molecular weight is 562 g/mol. The number of ketones is 1. The molecule has 210 valence electrons. The number of carboxylic acid groups (broad SMARTS) is 1. The molecule has 0 radical (unpaired) electrons. The highest BCUT2D eigenvalue weighted by Gasteiger charge is 2.54. The van der Waals surface area contributed by atoms with Crippen LogP contribution < -0.4 is 10.0 Å². The van der Waals surface area contributed by atoms with Crippen molar-refractivity contribution in [3.05, 3.63) is 64.7 Å². The van der Waals surface area contributed by atoms with Gasteiger partial charge in [0, 0.05) is 23.9 Å². The maximum absolute atomic E-state index is 14.8. The van der Waals surface area contributed by atoms with Crippen molar-refractivity contribution in [2.75, 3.05) is 4.90 Å². The summed E-state index contributed by atoms with van der Waals surface area (Å²) in [4.78, 5) is 56.9. The highest BCUT2D eigenvalue weighted by molar-refractivity contribution is 6.31. The normalized spacial score (nSPS) is 31.4. The van der Waals surface area contributed by atoms with Crippen molar-refractivity contribution in [2.45, 2.75) is 76.9 Å². The largest absolute Gasteiger partial charge is 0.548 e. The van der Waals surface area contributed by atoms with Gasteiger partial charge in [0.05, 0.1) is 24.2 Å². The number of Topliss-reactive ketones (excluding diaryl/α,β-unsaturated/α-hetero) is 1. The minimum atomic E-state index is -1.54. The molecule has 0 saturated heterocycles. The quantitative estimate of drug-likeness (QED) is 0.539. The number of benzene rings is 2. The predicted molar refractivity (Wildman–Crippen MR) is 148 cm³/mol. The second kappa shape index (κ2) is 10.3. The molecule has 1 heterocycles. The summed E-state index contributed by atoms with van der Waals surface area (Å²) < 4.78 is 0. The number of hydrogen-bond acceptors (Lipinski definition) is 5. The van der Waals surface area contributed by atoms with Crippen LogP contribution in [-0.2, 0) is 20.9 Å². The molecule has 7 rings (SSSR count). The van der Waals surface area contributed by atoms with Gasteiger partial charge in [0.2, 0.25) is 11.8 Å². The molecule has 4 saturated carbocycles. The Morgan fingerprint density at radius 1 is 0.950 bits per heavy atom. The summed E-state index contributed by atoms with van der Waals surface area (Å²) in [7, 11) is 0. The first-order valence-corrected chi connectivity index (χ1v) is 14.7. The van der Waals surface area contributed by atoms with Gasteiger partial charge in [0.15, 0.2) is 5.78 Å². The Balaban J connectivity index is 1.49. The van der Waals surface area contributed by atoms with Gasteiger partial charge in [-0.1, -0.05) is 41.9 Å². The molecule has 0 aromatic heterocycles. The summed E-state index contributed by atoms with van der Waals surface area (Å²) in [5.41, 5.74) is 1.20. The fraction of sp³-hybridized carbons (Fsp3) is 0.500. The number of anilines is 1. The monoisotopic (exact) mass is 561 g/mol. The molecular formula is C32H34ClN2O5-. The van der Waals surface area contributed by atoms with E-state index in [-0.39, 0.29) is 23.4 Å². The molecule has 0 spiro atoms. The Hall–Kier alpha value is -3.19. The van der Waals surface area contributed by atoms with Crippen LogP contribution in [0.15, 0.2) is 48.5 Å². The van der Waals surface area contributed by atoms with Crippen LogP contribution in [0.5, 0.6) is 0 Å². The van der Waals surface area contributed by atoms with Crippen molar-refractivity contribution in [1.82, 2.24) is 4.90 Å². The second-order valence-electron chi connectivity index (χ2n) is 12.6. The highest BCUT2D eigenvalue weighted by atomic mass is 35.5. The molecule has 4 bridgehead atoms. The molecule has 5 aliphatic rings. The summed E-state index contributed by atoms with van der Waals surface area (Å²) in [5.74, 6) is -1.08. The van der Waals surface area contributed by atoms with E-state index in [4.69, 9.17) is 11.6 Å². The molecule has 40 heavy (non-hydrogen) atoms. The number of halogens is 1.